The van der Waals surface area contributed by atoms with E-state index >= 15 is 0 Å². The quantitative estimate of drug-likeness (QED) is 0.312. The van der Waals surface area contributed by atoms with E-state index < -0.39 is 37.2 Å². The van der Waals surface area contributed by atoms with Crippen LogP contribution in [0.3, 0.4) is 0 Å². The first-order chi connectivity index (χ1) is 17.1. The highest BCUT2D eigenvalue weighted by Crippen LogP contribution is 2.32. The van der Waals surface area contributed by atoms with Gasteiger partial charge in [0.2, 0.25) is 0 Å². The van der Waals surface area contributed by atoms with Gasteiger partial charge < -0.3 is 25.4 Å². The molecule has 0 radical (unpaired) electrons. The van der Waals surface area contributed by atoms with Crippen molar-refractivity contribution in [2.45, 2.75) is 37.0 Å². The largest absolute Gasteiger partial charge is 0.394 e. The van der Waals surface area contributed by atoms with Crippen LogP contribution < -0.4 is 5.32 Å². The molecule has 2 aromatic carbocycles. The Hall–Kier alpha value is -3.70. The van der Waals surface area contributed by atoms with E-state index in [0.717, 1.165) is 5.56 Å². The van der Waals surface area contributed by atoms with Crippen molar-refractivity contribution in [3.8, 4) is 0 Å². The summed E-state index contributed by atoms with van der Waals surface area (Å²) in [6.07, 6.45) is -1.16. The van der Waals surface area contributed by atoms with Crippen LogP contribution in [0.2, 0.25) is 0 Å². The van der Waals surface area contributed by atoms with Crippen LogP contribution in [0.5, 0.6) is 0 Å². The Morgan fingerprint density at radius 2 is 1.71 bits per heavy atom. The Morgan fingerprint density at radius 3 is 2.40 bits per heavy atom. The number of carbonyl (C=O) groups excluding carboxylic acids is 1. The molecular formula is C25H25N5O5. The molecule has 4 aromatic rings. The number of carbonyl (C=O) groups is 1. The molecule has 1 amide bonds. The SMILES string of the molecule is O=C(NC(Cc1ccccc1)c1ncnc2c1ncn2[C@@H]1O[C@H](CO)[C@@H](O)[C@H]1O)c1ccccc1. The summed E-state index contributed by atoms with van der Waals surface area (Å²) in [5, 5.41) is 33.1. The van der Waals surface area contributed by atoms with Crippen molar-refractivity contribution in [2.24, 2.45) is 0 Å². The average molecular weight is 476 g/mol. The predicted octanol–water partition coefficient (Wildman–Crippen LogP) is 1.15. The molecule has 1 unspecified atom stereocenters. The van der Waals surface area contributed by atoms with E-state index in [9.17, 15) is 20.1 Å². The molecule has 5 rings (SSSR count). The number of fused-ring (bicyclic) bond motifs is 1. The Bertz CT molecular complexity index is 1300. The number of rotatable bonds is 7. The summed E-state index contributed by atoms with van der Waals surface area (Å²) in [7, 11) is 0. The van der Waals surface area contributed by atoms with Gasteiger partial charge in [0.15, 0.2) is 11.9 Å². The van der Waals surface area contributed by atoms with Gasteiger partial charge in [0.1, 0.15) is 30.2 Å². The first-order valence-electron chi connectivity index (χ1n) is 11.3. The highest BCUT2D eigenvalue weighted by atomic mass is 16.6. The molecule has 180 valence electrons. The number of amides is 1. The molecule has 35 heavy (non-hydrogen) atoms. The third-order valence-corrected chi connectivity index (χ3v) is 6.13. The van der Waals surface area contributed by atoms with Crippen molar-refractivity contribution in [3.05, 3.63) is 90.1 Å². The predicted molar refractivity (Wildman–Crippen MR) is 125 cm³/mol. The number of benzene rings is 2. The molecular weight excluding hydrogens is 450 g/mol. The number of hydrogen-bond donors (Lipinski definition) is 4. The summed E-state index contributed by atoms with van der Waals surface area (Å²) in [5.41, 5.74) is 2.83. The summed E-state index contributed by atoms with van der Waals surface area (Å²) >= 11 is 0. The van der Waals surface area contributed by atoms with E-state index in [4.69, 9.17) is 4.74 Å². The molecule has 1 fully saturated rings. The Kier molecular flexibility index (Phi) is 6.51. The highest BCUT2D eigenvalue weighted by Gasteiger charge is 2.44. The summed E-state index contributed by atoms with van der Waals surface area (Å²) in [5.74, 6) is -0.249. The van der Waals surface area contributed by atoms with Gasteiger partial charge in [-0.25, -0.2) is 15.0 Å². The van der Waals surface area contributed by atoms with Gasteiger partial charge in [0.25, 0.3) is 5.91 Å². The minimum absolute atomic E-state index is 0.249. The number of nitrogens with zero attached hydrogens (tertiary/aromatic N) is 4. The summed E-state index contributed by atoms with van der Waals surface area (Å²) in [6.45, 7) is -0.438. The number of aliphatic hydroxyl groups is 3. The van der Waals surface area contributed by atoms with Crippen LogP contribution >= 0.6 is 0 Å². The topological polar surface area (TPSA) is 143 Å². The second-order valence-corrected chi connectivity index (χ2v) is 8.39. The first kappa shape index (κ1) is 23.1. The van der Waals surface area contributed by atoms with Crippen LogP contribution in [-0.4, -0.2) is 65.7 Å². The lowest BCUT2D eigenvalue weighted by molar-refractivity contribution is -0.0511. The Balaban J connectivity index is 1.52. The lowest BCUT2D eigenvalue weighted by Gasteiger charge is -2.20. The number of aliphatic hydroxyl groups excluding tert-OH is 3. The van der Waals surface area contributed by atoms with Gasteiger partial charge in [0, 0.05) is 5.56 Å². The number of aromatic nitrogens is 4. The zero-order valence-electron chi connectivity index (χ0n) is 18.7. The van der Waals surface area contributed by atoms with Gasteiger partial charge in [-0.3, -0.25) is 9.36 Å². The third kappa shape index (κ3) is 4.52. The highest BCUT2D eigenvalue weighted by molar-refractivity contribution is 5.94. The normalized spacial score (nSPS) is 22.8. The van der Waals surface area contributed by atoms with Crippen LogP contribution in [0.15, 0.2) is 73.3 Å². The fourth-order valence-electron chi connectivity index (χ4n) is 4.32. The molecule has 0 aliphatic carbocycles. The minimum Gasteiger partial charge on any atom is -0.394 e. The zero-order chi connectivity index (χ0) is 24.4. The van der Waals surface area contributed by atoms with Crippen molar-refractivity contribution < 1.29 is 24.9 Å². The van der Waals surface area contributed by atoms with E-state index in [0.29, 0.717) is 28.8 Å². The first-order valence-corrected chi connectivity index (χ1v) is 11.3. The Labute approximate surface area is 200 Å². The van der Waals surface area contributed by atoms with Crippen molar-refractivity contribution in [1.29, 1.82) is 0 Å². The third-order valence-electron chi connectivity index (χ3n) is 6.13. The van der Waals surface area contributed by atoms with Crippen LogP contribution in [0.4, 0.5) is 0 Å². The maximum Gasteiger partial charge on any atom is 0.251 e. The number of hydrogen-bond acceptors (Lipinski definition) is 8. The van der Waals surface area contributed by atoms with Gasteiger partial charge in [-0.05, 0) is 24.1 Å². The van der Waals surface area contributed by atoms with E-state index in [1.54, 1.807) is 24.3 Å². The summed E-state index contributed by atoms with van der Waals surface area (Å²) in [6, 6.07) is 18.1. The van der Waals surface area contributed by atoms with Gasteiger partial charge in [0.05, 0.1) is 24.7 Å². The van der Waals surface area contributed by atoms with Gasteiger partial charge in [-0.15, -0.1) is 0 Å². The van der Waals surface area contributed by atoms with E-state index in [2.05, 4.69) is 20.3 Å². The summed E-state index contributed by atoms with van der Waals surface area (Å²) in [4.78, 5) is 26.3. The molecule has 10 heteroatoms. The summed E-state index contributed by atoms with van der Waals surface area (Å²) < 4.78 is 7.15. The van der Waals surface area contributed by atoms with E-state index in [-0.39, 0.29) is 5.91 Å². The van der Waals surface area contributed by atoms with Crippen molar-refractivity contribution in [3.63, 3.8) is 0 Å². The molecule has 1 saturated heterocycles. The molecule has 4 N–H and O–H groups in total. The second-order valence-electron chi connectivity index (χ2n) is 8.39. The van der Waals surface area contributed by atoms with Crippen molar-refractivity contribution in [1.82, 2.24) is 24.8 Å². The molecule has 1 aliphatic heterocycles. The van der Waals surface area contributed by atoms with Crippen LogP contribution in [0.25, 0.3) is 11.2 Å². The standard InChI is InChI=1S/C25H25N5O5/c31-12-18-21(32)22(33)25(35-18)30-14-28-20-19(26-13-27-23(20)30)17(11-15-7-3-1-4-8-15)29-24(34)16-9-5-2-6-10-16/h1-10,13-14,17-18,21-22,25,31-33H,11-12H2,(H,29,34)/t17?,18-,21-,22-,25-/m1/s1. The van der Waals surface area contributed by atoms with Crippen LogP contribution in [0.1, 0.15) is 33.9 Å². The van der Waals surface area contributed by atoms with Gasteiger partial charge in [-0.2, -0.15) is 0 Å². The van der Waals surface area contributed by atoms with E-state index in [1.807, 2.05) is 36.4 Å². The maximum atomic E-state index is 13.0. The molecule has 5 atom stereocenters. The minimum atomic E-state index is -1.28. The molecule has 2 aromatic heterocycles. The van der Waals surface area contributed by atoms with Gasteiger partial charge >= 0.3 is 0 Å². The van der Waals surface area contributed by atoms with Crippen LogP contribution in [0, 0.1) is 0 Å². The number of nitrogens with one attached hydrogen (secondary N) is 1. The monoisotopic (exact) mass is 475 g/mol. The molecule has 3 heterocycles. The molecule has 0 spiro atoms. The van der Waals surface area contributed by atoms with Crippen molar-refractivity contribution >= 4 is 17.1 Å². The van der Waals surface area contributed by atoms with Crippen LogP contribution in [-0.2, 0) is 11.2 Å². The maximum absolute atomic E-state index is 13.0. The average Bonchev–Trinajstić information content (AvgIpc) is 3.45. The molecule has 0 bridgehead atoms. The Morgan fingerprint density at radius 1 is 1.00 bits per heavy atom. The van der Waals surface area contributed by atoms with E-state index in [1.165, 1.54) is 17.2 Å². The van der Waals surface area contributed by atoms with Gasteiger partial charge in [-0.1, -0.05) is 48.5 Å². The fraction of sp³-hybridized carbons (Fsp3) is 0.280. The molecule has 10 nitrogen and oxygen atoms in total. The molecule has 1 aliphatic rings. The lowest BCUT2D eigenvalue weighted by atomic mass is 10.0. The second kappa shape index (κ2) is 9.88. The lowest BCUT2D eigenvalue weighted by Crippen LogP contribution is -2.33. The fourth-order valence-corrected chi connectivity index (χ4v) is 4.32. The van der Waals surface area contributed by atoms with Crippen molar-refractivity contribution in [2.75, 3.05) is 6.61 Å². The smallest absolute Gasteiger partial charge is 0.251 e. The molecule has 0 saturated carbocycles. The zero-order valence-corrected chi connectivity index (χ0v) is 18.7. The number of ether oxygens (including phenoxy) is 1. The number of imidazole rings is 1.